The van der Waals surface area contributed by atoms with E-state index in [2.05, 4.69) is 54.7 Å². The van der Waals surface area contributed by atoms with Crippen molar-refractivity contribution in [2.45, 2.75) is 52.7 Å². The fourth-order valence-corrected chi connectivity index (χ4v) is 4.33. The van der Waals surface area contributed by atoms with Crippen LogP contribution in [0.1, 0.15) is 50.3 Å². The van der Waals surface area contributed by atoms with Gasteiger partial charge in [-0.1, -0.05) is 25.7 Å². The topological polar surface area (TPSA) is 26.7 Å². The molecule has 0 bridgehead atoms. The van der Waals surface area contributed by atoms with Crippen LogP contribution in [0.3, 0.4) is 0 Å². The summed E-state index contributed by atoms with van der Waals surface area (Å²) in [6, 6.07) is 4.23. The van der Waals surface area contributed by atoms with E-state index < -0.39 is 5.60 Å². The second kappa shape index (κ2) is 9.19. The summed E-state index contributed by atoms with van der Waals surface area (Å²) in [5.74, 6) is 7.55. The van der Waals surface area contributed by atoms with Crippen LogP contribution in [0.25, 0.3) is 0 Å². The van der Waals surface area contributed by atoms with Gasteiger partial charge in [-0.3, -0.25) is 0 Å². The third-order valence-corrected chi connectivity index (χ3v) is 5.46. The van der Waals surface area contributed by atoms with Gasteiger partial charge in [0.1, 0.15) is 5.60 Å². The first-order chi connectivity index (χ1) is 11.7. The predicted molar refractivity (Wildman–Crippen MR) is 108 cm³/mol. The van der Waals surface area contributed by atoms with Crippen LogP contribution in [0.2, 0.25) is 0 Å². The summed E-state index contributed by atoms with van der Waals surface area (Å²) in [7, 11) is 2.22. The fraction of sp³-hybridized carbons (Fsp3) is 0.714. The maximum atomic E-state index is 9.70. The SMILES string of the molecule is CC(C)CN1CCC(CN(C)Cc2ccc(C#CC(C)(C)O)s2)CC1. The van der Waals surface area contributed by atoms with E-state index in [-0.39, 0.29) is 0 Å². The molecule has 0 aromatic carbocycles. The van der Waals surface area contributed by atoms with Crippen molar-refractivity contribution in [3.05, 3.63) is 21.9 Å². The zero-order valence-corrected chi connectivity index (χ0v) is 17.3. The first-order valence-corrected chi connectivity index (χ1v) is 10.3. The van der Waals surface area contributed by atoms with Crippen molar-refractivity contribution in [2.24, 2.45) is 11.8 Å². The lowest BCUT2D eigenvalue weighted by Crippen LogP contribution is -2.39. The number of thiophene rings is 1. The first kappa shape index (κ1) is 20.5. The van der Waals surface area contributed by atoms with Gasteiger partial charge in [0.25, 0.3) is 0 Å². The predicted octanol–water partition coefficient (Wildman–Crippen LogP) is 3.67. The molecule has 1 saturated heterocycles. The van der Waals surface area contributed by atoms with Gasteiger partial charge in [0, 0.05) is 24.5 Å². The van der Waals surface area contributed by atoms with Crippen LogP contribution in [-0.2, 0) is 6.54 Å². The first-order valence-electron chi connectivity index (χ1n) is 9.46. The fourth-order valence-electron chi connectivity index (χ4n) is 3.38. The molecule has 0 atom stereocenters. The Morgan fingerprint density at radius 3 is 2.60 bits per heavy atom. The average molecular weight is 363 g/mol. The van der Waals surface area contributed by atoms with Gasteiger partial charge in [-0.15, -0.1) is 11.3 Å². The van der Waals surface area contributed by atoms with Gasteiger partial charge in [0.05, 0.1) is 4.88 Å². The van der Waals surface area contributed by atoms with E-state index in [9.17, 15) is 5.11 Å². The van der Waals surface area contributed by atoms with Crippen molar-refractivity contribution in [3.8, 4) is 11.8 Å². The molecule has 1 fully saturated rings. The summed E-state index contributed by atoms with van der Waals surface area (Å²) >= 11 is 1.74. The molecular formula is C21H34N2OS. The molecule has 0 aliphatic carbocycles. The molecule has 0 spiro atoms. The minimum Gasteiger partial charge on any atom is -0.378 e. The van der Waals surface area contributed by atoms with E-state index in [0.717, 1.165) is 23.3 Å². The van der Waals surface area contributed by atoms with Gasteiger partial charge in [-0.25, -0.2) is 0 Å². The highest BCUT2D eigenvalue weighted by Crippen LogP contribution is 2.21. The number of likely N-dealkylation sites (tertiary alicyclic amines) is 1. The van der Waals surface area contributed by atoms with Gasteiger partial charge >= 0.3 is 0 Å². The molecular weight excluding hydrogens is 328 g/mol. The maximum Gasteiger partial charge on any atom is 0.120 e. The summed E-state index contributed by atoms with van der Waals surface area (Å²) in [5, 5.41) is 9.70. The second-order valence-corrected chi connectivity index (χ2v) is 9.58. The number of hydrogen-bond donors (Lipinski definition) is 1. The molecule has 0 unspecified atom stereocenters. The normalized spacial score (nSPS) is 17.1. The minimum atomic E-state index is -0.925. The van der Waals surface area contributed by atoms with Gasteiger partial charge in [-0.2, -0.15) is 0 Å². The quantitative estimate of drug-likeness (QED) is 0.782. The number of rotatable bonds is 6. The molecule has 1 aromatic rings. The minimum absolute atomic E-state index is 0.770. The Labute approximate surface area is 158 Å². The van der Waals surface area contributed by atoms with Crippen LogP contribution in [0.4, 0.5) is 0 Å². The lowest BCUT2D eigenvalue weighted by atomic mass is 9.95. The van der Waals surface area contributed by atoms with Crippen molar-refractivity contribution in [2.75, 3.05) is 33.2 Å². The summed E-state index contributed by atoms with van der Waals surface area (Å²) in [5.41, 5.74) is -0.925. The monoisotopic (exact) mass is 362 g/mol. The number of hydrogen-bond acceptors (Lipinski definition) is 4. The van der Waals surface area contributed by atoms with Gasteiger partial charge in [0.2, 0.25) is 0 Å². The largest absolute Gasteiger partial charge is 0.378 e. The molecule has 140 valence electrons. The maximum absolute atomic E-state index is 9.70. The standard InChI is InChI=1S/C21H34N2OS/c1-17(2)14-23-12-9-18(10-13-23)15-22(5)16-20-7-6-19(25-20)8-11-21(3,4)24/h6-7,17-18,24H,9-10,12-16H2,1-5H3. The average Bonchev–Trinajstić information content (AvgIpc) is 2.93. The number of nitrogens with zero attached hydrogens (tertiary/aromatic N) is 2. The number of aliphatic hydroxyl groups is 1. The molecule has 1 aliphatic rings. The lowest BCUT2D eigenvalue weighted by Gasteiger charge is -2.34. The van der Waals surface area contributed by atoms with Gasteiger partial charge in [-0.05, 0) is 70.8 Å². The Bertz CT molecular complexity index is 583. The molecule has 1 aromatic heterocycles. The molecule has 25 heavy (non-hydrogen) atoms. The van der Waals surface area contributed by atoms with Crippen molar-refractivity contribution in [1.29, 1.82) is 0 Å². The zero-order chi connectivity index (χ0) is 18.4. The van der Waals surface area contributed by atoms with Crippen LogP contribution >= 0.6 is 11.3 Å². The molecule has 0 saturated carbocycles. The third-order valence-electron chi connectivity index (χ3n) is 4.48. The Morgan fingerprint density at radius 1 is 1.32 bits per heavy atom. The van der Waals surface area contributed by atoms with E-state index in [0.29, 0.717) is 0 Å². The second-order valence-electron chi connectivity index (χ2n) is 8.41. The van der Waals surface area contributed by atoms with Crippen molar-refractivity contribution >= 4 is 11.3 Å². The third kappa shape index (κ3) is 7.92. The molecule has 1 aliphatic heterocycles. The Morgan fingerprint density at radius 2 is 2.00 bits per heavy atom. The highest BCUT2D eigenvalue weighted by Gasteiger charge is 2.20. The summed E-state index contributed by atoms with van der Waals surface area (Å²) in [6.45, 7) is 14.0. The van der Waals surface area contributed by atoms with Crippen molar-refractivity contribution < 1.29 is 5.11 Å². The number of piperidine rings is 1. The van der Waals surface area contributed by atoms with Crippen LogP contribution < -0.4 is 0 Å². The molecule has 4 heteroatoms. The van der Waals surface area contributed by atoms with Crippen molar-refractivity contribution in [1.82, 2.24) is 9.80 Å². The lowest BCUT2D eigenvalue weighted by molar-refractivity contribution is 0.142. The molecule has 0 radical (unpaired) electrons. The molecule has 2 rings (SSSR count). The van der Waals surface area contributed by atoms with Crippen LogP contribution in [0.15, 0.2) is 12.1 Å². The van der Waals surface area contributed by atoms with E-state index in [1.54, 1.807) is 25.2 Å². The Kier molecular flexibility index (Phi) is 7.51. The molecule has 2 heterocycles. The van der Waals surface area contributed by atoms with Crippen LogP contribution in [-0.4, -0.2) is 53.7 Å². The molecule has 0 amide bonds. The summed E-state index contributed by atoms with van der Waals surface area (Å²) in [6.07, 6.45) is 2.65. The molecule has 3 nitrogen and oxygen atoms in total. The highest BCUT2D eigenvalue weighted by atomic mass is 32.1. The smallest absolute Gasteiger partial charge is 0.120 e. The Balaban J connectivity index is 1.76. The van der Waals surface area contributed by atoms with E-state index in [1.807, 2.05) is 0 Å². The van der Waals surface area contributed by atoms with E-state index >= 15 is 0 Å². The van der Waals surface area contributed by atoms with Crippen molar-refractivity contribution in [3.63, 3.8) is 0 Å². The van der Waals surface area contributed by atoms with E-state index in [1.165, 1.54) is 43.9 Å². The van der Waals surface area contributed by atoms with Gasteiger partial charge in [0.15, 0.2) is 0 Å². The summed E-state index contributed by atoms with van der Waals surface area (Å²) < 4.78 is 0. The van der Waals surface area contributed by atoms with Gasteiger partial charge < -0.3 is 14.9 Å². The van der Waals surface area contributed by atoms with Crippen LogP contribution in [0, 0.1) is 23.7 Å². The summed E-state index contributed by atoms with van der Waals surface area (Å²) in [4.78, 5) is 7.45. The van der Waals surface area contributed by atoms with E-state index in [4.69, 9.17) is 0 Å². The Hall–Kier alpha value is -0.860. The van der Waals surface area contributed by atoms with Crippen LogP contribution in [0.5, 0.6) is 0 Å². The zero-order valence-electron chi connectivity index (χ0n) is 16.5. The highest BCUT2D eigenvalue weighted by molar-refractivity contribution is 7.12. The molecule has 1 N–H and O–H groups in total.